The number of carbonyl (C=O) groups excluding carboxylic acids is 1. The van der Waals surface area contributed by atoms with Crippen molar-refractivity contribution in [2.45, 2.75) is 25.3 Å². The minimum atomic E-state index is -0.475. The van der Waals surface area contributed by atoms with Crippen LogP contribution in [-0.4, -0.2) is 41.4 Å². The lowest BCUT2D eigenvalue weighted by Gasteiger charge is -2.28. The molecule has 1 aromatic heterocycles. The molecule has 0 radical (unpaired) electrons. The number of aromatic nitrogens is 1. The monoisotopic (exact) mass is 328 g/mol. The van der Waals surface area contributed by atoms with Crippen LogP contribution < -0.4 is 5.32 Å². The third kappa shape index (κ3) is 3.32. The van der Waals surface area contributed by atoms with E-state index in [9.17, 15) is 4.79 Å². The van der Waals surface area contributed by atoms with Crippen LogP contribution in [0.4, 0.5) is 0 Å². The van der Waals surface area contributed by atoms with Crippen LogP contribution in [0.1, 0.15) is 29.0 Å². The molecule has 1 fully saturated rings. The number of aliphatic hydroxyl groups excluding tert-OH is 1. The molecule has 2 rings (SSSR count). The van der Waals surface area contributed by atoms with E-state index < -0.39 is 5.54 Å². The normalized spacial score (nSPS) is 22.5. The molecule has 1 saturated heterocycles. The number of ether oxygens (including phenoxy) is 1. The molecular weight excluding hydrogens is 312 g/mol. The van der Waals surface area contributed by atoms with Crippen molar-refractivity contribution in [1.29, 1.82) is 0 Å². The quantitative estimate of drug-likeness (QED) is 0.877. The molecule has 1 aromatic rings. The topological polar surface area (TPSA) is 71.5 Å². The molecule has 5 nitrogen and oxygen atoms in total. The number of hydrogen-bond donors (Lipinski definition) is 2. The molecule has 1 aliphatic rings. The Morgan fingerprint density at radius 1 is 1.63 bits per heavy atom. The van der Waals surface area contributed by atoms with Crippen LogP contribution in [0.2, 0.25) is 0 Å². The Hall–Kier alpha value is -0.980. The van der Waals surface area contributed by atoms with E-state index in [1.54, 1.807) is 6.07 Å². The van der Waals surface area contributed by atoms with Crippen molar-refractivity contribution in [2.75, 3.05) is 19.8 Å². The van der Waals surface area contributed by atoms with Gasteiger partial charge in [0.2, 0.25) is 0 Å². The van der Waals surface area contributed by atoms with Crippen LogP contribution in [0.5, 0.6) is 0 Å². The Bertz CT molecular complexity index is 473. The summed E-state index contributed by atoms with van der Waals surface area (Å²) >= 11 is 3.33. The van der Waals surface area contributed by atoms with E-state index in [1.807, 2.05) is 13.0 Å². The Balaban J connectivity index is 2.17. The number of aryl methyl sites for hydroxylation is 1. The van der Waals surface area contributed by atoms with Crippen molar-refractivity contribution < 1.29 is 14.6 Å². The summed E-state index contributed by atoms with van der Waals surface area (Å²) in [5.41, 5.74) is 0.674. The van der Waals surface area contributed by atoms with Crippen molar-refractivity contribution in [3.8, 4) is 0 Å². The minimum Gasteiger partial charge on any atom is -0.396 e. The van der Waals surface area contributed by atoms with Gasteiger partial charge in [-0.25, -0.2) is 4.98 Å². The molecule has 1 amide bonds. The summed E-state index contributed by atoms with van der Waals surface area (Å²) in [5, 5.41) is 12.1. The first kappa shape index (κ1) is 14.4. The Kier molecular flexibility index (Phi) is 4.54. The SMILES string of the molecule is Cc1ccc(Br)c(C(=O)N[C@@]2(CCO)CCOC2)n1. The lowest BCUT2D eigenvalue weighted by atomic mass is 9.94. The Labute approximate surface area is 120 Å². The zero-order chi connectivity index (χ0) is 13.9. The molecule has 6 heteroatoms. The summed E-state index contributed by atoms with van der Waals surface area (Å²) < 4.78 is 6.01. The number of aliphatic hydroxyl groups is 1. The highest BCUT2D eigenvalue weighted by Gasteiger charge is 2.36. The second-order valence-electron chi connectivity index (χ2n) is 4.79. The van der Waals surface area contributed by atoms with Gasteiger partial charge in [-0.15, -0.1) is 0 Å². The zero-order valence-corrected chi connectivity index (χ0v) is 12.4. The van der Waals surface area contributed by atoms with Gasteiger partial charge in [0.15, 0.2) is 0 Å². The summed E-state index contributed by atoms with van der Waals surface area (Å²) in [6.45, 7) is 2.89. The molecule has 2 heterocycles. The number of amides is 1. The number of rotatable bonds is 4. The second kappa shape index (κ2) is 5.98. The highest BCUT2D eigenvalue weighted by molar-refractivity contribution is 9.10. The number of carbonyl (C=O) groups is 1. The number of nitrogens with zero attached hydrogens (tertiary/aromatic N) is 1. The Morgan fingerprint density at radius 2 is 2.42 bits per heavy atom. The molecular formula is C13H17BrN2O3. The summed E-state index contributed by atoms with van der Waals surface area (Å²) in [6, 6.07) is 3.64. The summed E-state index contributed by atoms with van der Waals surface area (Å²) in [5.74, 6) is -0.241. The van der Waals surface area contributed by atoms with Crippen LogP contribution in [0.3, 0.4) is 0 Å². The molecule has 104 valence electrons. The van der Waals surface area contributed by atoms with Gasteiger partial charge < -0.3 is 15.2 Å². The maximum Gasteiger partial charge on any atom is 0.271 e. The second-order valence-corrected chi connectivity index (χ2v) is 5.65. The average Bonchev–Trinajstić information content (AvgIpc) is 2.81. The van der Waals surface area contributed by atoms with Crippen LogP contribution in [0.25, 0.3) is 0 Å². The Morgan fingerprint density at radius 3 is 3.05 bits per heavy atom. The smallest absolute Gasteiger partial charge is 0.271 e. The van der Waals surface area contributed by atoms with E-state index in [2.05, 4.69) is 26.2 Å². The average molecular weight is 329 g/mol. The zero-order valence-electron chi connectivity index (χ0n) is 10.8. The molecule has 0 aliphatic carbocycles. The highest BCUT2D eigenvalue weighted by Crippen LogP contribution is 2.24. The van der Waals surface area contributed by atoms with E-state index in [-0.39, 0.29) is 12.5 Å². The van der Waals surface area contributed by atoms with Gasteiger partial charge in [-0.05, 0) is 47.8 Å². The van der Waals surface area contributed by atoms with Crippen molar-refractivity contribution in [3.05, 3.63) is 28.0 Å². The third-order valence-corrected chi connectivity index (χ3v) is 3.91. The van der Waals surface area contributed by atoms with E-state index in [4.69, 9.17) is 9.84 Å². The number of halogens is 1. The lowest BCUT2D eigenvalue weighted by Crippen LogP contribution is -2.50. The van der Waals surface area contributed by atoms with Crippen molar-refractivity contribution >= 4 is 21.8 Å². The molecule has 0 unspecified atom stereocenters. The highest BCUT2D eigenvalue weighted by atomic mass is 79.9. The molecule has 0 spiro atoms. The predicted molar refractivity (Wildman–Crippen MR) is 74.0 cm³/mol. The van der Waals surface area contributed by atoms with Crippen LogP contribution in [0, 0.1) is 6.92 Å². The van der Waals surface area contributed by atoms with Gasteiger partial charge in [0, 0.05) is 23.4 Å². The molecule has 1 atom stereocenters. The fourth-order valence-corrected chi connectivity index (χ4v) is 2.58. The van der Waals surface area contributed by atoms with E-state index in [1.165, 1.54) is 0 Å². The fourth-order valence-electron chi connectivity index (χ4n) is 2.18. The van der Waals surface area contributed by atoms with Crippen LogP contribution in [-0.2, 0) is 4.74 Å². The molecule has 2 N–H and O–H groups in total. The number of pyridine rings is 1. The van der Waals surface area contributed by atoms with Crippen molar-refractivity contribution in [1.82, 2.24) is 10.3 Å². The van der Waals surface area contributed by atoms with Crippen LogP contribution in [0.15, 0.2) is 16.6 Å². The van der Waals surface area contributed by atoms with Gasteiger partial charge in [-0.3, -0.25) is 4.79 Å². The summed E-state index contributed by atoms with van der Waals surface area (Å²) in [6.07, 6.45) is 1.20. The lowest BCUT2D eigenvalue weighted by molar-refractivity contribution is 0.0844. The number of nitrogens with one attached hydrogen (secondary N) is 1. The van der Waals surface area contributed by atoms with Gasteiger partial charge in [0.25, 0.3) is 5.91 Å². The minimum absolute atomic E-state index is 0.0199. The molecule has 0 saturated carbocycles. The summed E-state index contributed by atoms with van der Waals surface area (Å²) in [4.78, 5) is 16.6. The standard InChI is InChI=1S/C13H17BrN2O3/c1-9-2-3-10(14)11(15-9)12(18)16-13(4-6-17)5-7-19-8-13/h2-3,17H,4-8H2,1H3,(H,16,18)/t13-/m0/s1. The summed E-state index contributed by atoms with van der Waals surface area (Å²) in [7, 11) is 0. The largest absolute Gasteiger partial charge is 0.396 e. The predicted octanol–water partition coefficient (Wildman–Crippen LogP) is 1.42. The molecule has 19 heavy (non-hydrogen) atoms. The van der Waals surface area contributed by atoms with Gasteiger partial charge >= 0.3 is 0 Å². The number of hydrogen-bond acceptors (Lipinski definition) is 4. The van der Waals surface area contributed by atoms with E-state index in [0.717, 1.165) is 5.69 Å². The van der Waals surface area contributed by atoms with E-state index >= 15 is 0 Å². The maximum atomic E-state index is 12.3. The van der Waals surface area contributed by atoms with Gasteiger partial charge in [-0.1, -0.05) is 0 Å². The first-order chi connectivity index (χ1) is 9.06. The van der Waals surface area contributed by atoms with E-state index in [0.29, 0.717) is 36.2 Å². The van der Waals surface area contributed by atoms with Crippen molar-refractivity contribution in [2.24, 2.45) is 0 Å². The van der Waals surface area contributed by atoms with Gasteiger partial charge in [0.1, 0.15) is 5.69 Å². The first-order valence-electron chi connectivity index (χ1n) is 6.21. The first-order valence-corrected chi connectivity index (χ1v) is 7.00. The molecule has 0 bridgehead atoms. The third-order valence-electron chi connectivity index (χ3n) is 3.27. The van der Waals surface area contributed by atoms with Crippen LogP contribution >= 0.6 is 15.9 Å². The van der Waals surface area contributed by atoms with Gasteiger partial charge in [0.05, 0.1) is 12.1 Å². The van der Waals surface area contributed by atoms with Crippen molar-refractivity contribution in [3.63, 3.8) is 0 Å². The molecule has 1 aliphatic heterocycles. The molecule has 0 aromatic carbocycles. The fraction of sp³-hybridized carbons (Fsp3) is 0.538. The maximum absolute atomic E-state index is 12.3. The van der Waals surface area contributed by atoms with Gasteiger partial charge in [-0.2, -0.15) is 0 Å².